The molecule has 0 saturated heterocycles. The second-order valence-electron chi connectivity index (χ2n) is 4.39. The lowest BCUT2D eigenvalue weighted by Crippen LogP contribution is -2.26. The normalized spacial score (nSPS) is 12.4. The van der Waals surface area contributed by atoms with Crippen LogP contribution in [0.3, 0.4) is 0 Å². The van der Waals surface area contributed by atoms with Gasteiger partial charge in [0.15, 0.2) is 0 Å². The summed E-state index contributed by atoms with van der Waals surface area (Å²) in [6.45, 7) is 4.82. The molecule has 0 aliphatic rings. The Bertz CT molecular complexity index is 407. The Kier molecular flexibility index (Phi) is 5.74. The standard InChI is InChI=1S/C13H20N2O3/c1-3-5-12(16)9-14-8-11-6-4-7-13(10(11)2)15(17)18/h4,6-7,12,14,16H,3,5,8-9H2,1-2H3. The first-order valence-electron chi connectivity index (χ1n) is 6.18. The highest BCUT2D eigenvalue weighted by molar-refractivity contribution is 5.44. The minimum Gasteiger partial charge on any atom is -0.392 e. The summed E-state index contributed by atoms with van der Waals surface area (Å²) >= 11 is 0. The molecule has 1 aromatic carbocycles. The summed E-state index contributed by atoms with van der Waals surface area (Å²) < 4.78 is 0. The topological polar surface area (TPSA) is 75.4 Å². The van der Waals surface area contributed by atoms with E-state index in [0.717, 1.165) is 18.4 Å². The number of rotatable bonds is 7. The van der Waals surface area contributed by atoms with Gasteiger partial charge in [-0.05, 0) is 18.9 Å². The lowest BCUT2D eigenvalue weighted by molar-refractivity contribution is -0.385. The van der Waals surface area contributed by atoms with Gasteiger partial charge in [0.1, 0.15) is 0 Å². The number of nitrogens with zero attached hydrogens (tertiary/aromatic N) is 1. The number of hydrogen-bond acceptors (Lipinski definition) is 4. The van der Waals surface area contributed by atoms with E-state index < -0.39 is 0 Å². The molecule has 1 rings (SSSR count). The Balaban J connectivity index is 2.57. The largest absolute Gasteiger partial charge is 0.392 e. The second kappa shape index (κ2) is 7.08. The fourth-order valence-electron chi connectivity index (χ4n) is 1.87. The average Bonchev–Trinajstić information content (AvgIpc) is 2.31. The van der Waals surface area contributed by atoms with Gasteiger partial charge in [-0.25, -0.2) is 0 Å². The summed E-state index contributed by atoms with van der Waals surface area (Å²) in [5.41, 5.74) is 1.72. The van der Waals surface area contributed by atoms with Crippen LogP contribution in [0.25, 0.3) is 0 Å². The minimum absolute atomic E-state index is 0.142. The van der Waals surface area contributed by atoms with E-state index in [1.807, 2.05) is 13.0 Å². The van der Waals surface area contributed by atoms with Crippen molar-refractivity contribution in [3.63, 3.8) is 0 Å². The average molecular weight is 252 g/mol. The molecule has 0 aliphatic heterocycles. The monoisotopic (exact) mass is 252 g/mol. The third-order valence-corrected chi connectivity index (χ3v) is 2.93. The number of aliphatic hydroxyl groups excluding tert-OH is 1. The highest BCUT2D eigenvalue weighted by Crippen LogP contribution is 2.20. The lowest BCUT2D eigenvalue weighted by Gasteiger charge is -2.11. The van der Waals surface area contributed by atoms with Gasteiger partial charge in [-0.2, -0.15) is 0 Å². The Morgan fingerprint density at radius 2 is 2.22 bits per heavy atom. The first kappa shape index (κ1) is 14.6. The summed E-state index contributed by atoms with van der Waals surface area (Å²) in [7, 11) is 0. The molecule has 5 nitrogen and oxygen atoms in total. The van der Waals surface area contributed by atoms with Gasteiger partial charge in [-0.15, -0.1) is 0 Å². The van der Waals surface area contributed by atoms with E-state index in [1.54, 1.807) is 13.0 Å². The van der Waals surface area contributed by atoms with Crippen molar-refractivity contribution in [1.29, 1.82) is 0 Å². The number of aliphatic hydroxyl groups is 1. The van der Waals surface area contributed by atoms with Gasteiger partial charge in [-0.3, -0.25) is 10.1 Å². The van der Waals surface area contributed by atoms with Crippen LogP contribution in [0.1, 0.15) is 30.9 Å². The molecule has 1 unspecified atom stereocenters. The third-order valence-electron chi connectivity index (χ3n) is 2.93. The van der Waals surface area contributed by atoms with Crippen molar-refractivity contribution < 1.29 is 10.0 Å². The van der Waals surface area contributed by atoms with Crippen LogP contribution in [0.2, 0.25) is 0 Å². The maximum Gasteiger partial charge on any atom is 0.272 e. The second-order valence-corrected chi connectivity index (χ2v) is 4.39. The van der Waals surface area contributed by atoms with Gasteiger partial charge in [0.25, 0.3) is 5.69 Å². The number of hydrogen-bond donors (Lipinski definition) is 2. The maximum atomic E-state index is 10.8. The van der Waals surface area contributed by atoms with Gasteiger partial charge in [0.2, 0.25) is 0 Å². The zero-order chi connectivity index (χ0) is 13.5. The molecule has 18 heavy (non-hydrogen) atoms. The molecule has 0 aliphatic carbocycles. The highest BCUT2D eigenvalue weighted by atomic mass is 16.6. The molecule has 0 saturated carbocycles. The van der Waals surface area contributed by atoms with Gasteiger partial charge in [0, 0.05) is 24.7 Å². The predicted molar refractivity (Wildman–Crippen MR) is 70.5 cm³/mol. The molecule has 0 aromatic heterocycles. The van der Waals surface area contributed by atoms with Crippen LogP contribution in [0.15, 0.2) is 18.2 Å². The molecule has 0 spiro atoms. The molecule has 2 N–H and O–H groups in total. The van der Waals surface area contributed by atoms with Crippen LogP contribution in [-0.4, -0.2) is 22.7 Å². The minimum atomic E-state index is -0.370. The van der Waals surface area contributed by atoms with Crippen LogP contribution in [-0.2, 0) is 6.54 Å². The van der Waals surface area contributed by atoms with Gasteiger partial charge >= 0.3 is 0 Å². The summed E-state index contributed by atoms with van der Waals surface area (Å²) in [6.07, 6.45) is 1.36. The van der Waals surface area contributed by atoms with E-state index >= 15 is 0 Å². The zero-order valence-corrected chi connectivity index (χ0v) is 10.8. The zero-order valence-electron chi connectivity index (χ0n) is 10.8. The van der Waals surface area contributed by atoms with Crippen molar-refractivity contribution in [3.8, 4) is 0 Å². The Labute approximate surface area is 107 Å². The molecule has 0 amide bonds. The lowest BCUT2D eigenvalue weighted by atomic mass is 10.1. The van der Waals surface area contributed by atoms with Crippen molar-refractivity contribution in [2.24, 2.45) is 0 Å². The van der Waals surface area contributed by atoms with Gasteiger partial charge in [-0.1, -0.05) is 25.5 Å². The van der Waals surface area contributed by atoms with E-state index in [0.29, 0.717) is 18.7 Å². The first-order chi connectivity index (χ1) is 8.56. The third kappa shape index (κ3) is 4.09. The fourth-order valence-corrected chi connectivity index (χ4v) is 1.87. The van der Waals surface area contributed by atoms with Gasteiger partial charge < -0.3 is 10.4 Å². The molecule has 0 heterocycles. The Morgan fingerprint density at radius 3 is 2.83 bits per heavy atom. The van der Waals surface area contributed by atoms with Crippen LogP contribution < -0.4 is 5.32 Å². The molecule has 5 heteroatoms. The van der Waals surface area contributed by atoms with E-state index in [-0.39, 0.29) is 16.7 Å². The van der Waals surface area contributed by atoms with Crippen molar-refractivity contribution >= 4 is 5.69 Å². The van der Waals surface area contributed by atoms with E-state index in [4.69, 9.17) is 0 Å². The van der Waals surface area contributed by atoms with Crippen molar-refractivity contribution in [2.75, 3.05) is 6.54 Å². The summed E-state index contributed by atoms with van der Waals surface area (Å²) in [5.74, 6) is 0. The van der Waals surface area contributed by atoms with Crippen LogP contribution >= 0.6 is 0 Å². The molecule has 1 aromatic rings. The van der Waals surface area contributed by atoms with Crippen molar-refractivity contribution in [3.05, 3.63) is 39.4 Å². The number of nitro benzene ring substituents is 1. The quantitative estimate of drug-likeness (QED) is 0.576. The SMILES string of the molecule is CCCC(O)CNCc1cccc([N+](=O)[O-])c1C. The summed E-state index contributed by atoms with van der Waals surface area (Å²) in [4.78, 5) is 10.4. The maximum absolute atomic E-state index is 10.8. The predicted octanol–water partition coefficient (Wildman–Crippen LogP) is 2.15. The van der Waals surface area contributed by atoms with Crippen LogP contribution in [0.5, 0.6) is 0 Å². The van der Waals surface area contributed by atoms with Crippen molar-refractivity contribution in [2.45, 2.75) is 39.3 Å². The van der Waals surface area contributed by atoms with E-state index in [9.17, 15) is 15.2 Å². The van der Waals surface area contributed by atoms with Crippen LogP contribution in [0.4, 0.5) is 5.69 Å². The molecule has 100 valence electrons. The molecule has 0 bridgehead atoms. The number of benzene rings is 1. The van der Waals surface area contributed by atoms with Crippen molar-refractivity contribution in [1.82, 2.24) is 5.32 Å². The Hall–Kier alpha value is -1.46. The van der Waals surface area contributed by atoms with E-state index in [2.05, 4.69) is 5.32 Å². The Morgan fingerprint density at radius 1 is 1.50 bits per heavy atom. The molecule has 1 atom stereocenters. The fraction of sp³-hybridized carbons (Fsp3) is 0.538. The smallest absolute Gasteiger partial charge is 0.272 e. The summed E-state index contributed by atoms with van der Waals surface area (Å²) in [6, 6.07) is 5.05. The van der Waals surface area contributed by atoms with Crippen LogP contribution in [0, 0.1) is 17.0 Å². The molecular formula is C13H20N2O3. The first-order valence-corrected chi connectivity index (χ1v) is 6.18. The molecule has 0 radical (unpaired) electrons. The van der Waals surface area contributed by atoms with Gasteiger partial charge in [0.05, 0.1) is 11.0 Å². The summed E-state index contributed by atoms with van der Waals surface area (Å²) in [5, 5.41) is 23.5. The van der Waals surface area contributed by atoms with E-state index in [1.165, 1.54) is 6.07 Å². The number of nitro groups is 1. The number of nitrogens with one attached hydrogen (secondary N) is 1. The molecular weight excluding hydrogens is 232 g/mol. The highest BCUT2D eigenvalue weighted by Gasteiger charge is 2.12. The molecule has 0 fully saturated rings.